The van der Waals surface area contributed by atoms with E-state index < -0.39 is 0 Å². The SMILES string of the molecule is CCOc1nc(N)n(-c2ccncc2)n1. The molecule has 0 aliphatic carbocycles. The molecule has 2 aromatic rings. The van der Waals surface area contributed by atoms with Crippen molar-refractivity contribution in [1.82, 2.24) is 19.7 Å². The minimum absolute atomic E-state index is 0.284. The Hall–Kier alpha value is -2.11. The first-order chi connectivity index (χ1) is 7.31. The lowest BCUT2D eigenvalue weighted by Gasteiger charge is -1.99. The van der Waals surface area contributed by atoms with Crippen LogP contribution < -0.4 is 10.5 Å². The number of nitrogen functional groups attached to an aromatic ring is 1. The van der Waals surface area contributed by atoms with E-state index >= 15 is 0 Å². The number of hydrogen-bond acceptors (Lipinski definition) is 5. The van der Waals surface area contributed by atoms with Crippen molar-refractivity contribution < 1.29 is 4.74 Å². The third-order valence-electron chi connectivity index (χ3n) is 1.79. The van der Waals surface area contributed by atoms with Crippen LogP contribution in [0.25, 0.3) is 5.69 Å². The standard InChI is InChI=1S/C9H11N5O/c1-2-15-9-12-8(10)14(13-9)7-3-5-11-6-4-7/h3-6H,2H2,1H3,(H2,10,12,13). The van der Waals surface area contributed by atoms with Crippen LogP contribution in [-0.4, -0.2) is 26.4 Å². The fourth-order valence-electron chi connectivity index (χ4n) is 1.17. The van der Waals surface area contributed by atoms with E-state index in [4.69, 9.17) is 10.5 Å². The molecule has 78 valence electrons. The largest absolute Gasteiger partial charge is 0.463 e. The molecule has 0 unspecified atom stereocenters. The molecule has 0 spiro atoms. The van der Waals surface area contributed by atoms with E-state index in [9.17, 15) is 0 Å². The Morgan fingerprint density at radius 1 is 1.40 bits per heavy atom. The van der Waals surface area contributed by atoms with Crippen LogP contribution in [0.15, 0.2) is 24.5 Å². The van der Waals surface area contributed by atoms with Crippen molar-refractivity contribution in [3.63, 3.8) is 0 Å². The molecular weight excluding hydrogens is 194 g/mol. The van der Waals surface area contributed by atoms with Gasteiger partial charge in [0, 0.05) is 12.4 Å². The van der Waals surface area contributed by atoms with Crippen molar-refractivity contribution in [3.8, 4) is 11.7 Å². The Morgan fingerprint density at radius 3 is 2.80 bits per heavy atom. The molecule has 2 N–H and O–H groups in total. The molecular formula is C9H11N5O. The predicted octanol–water partition coefficient (Wildman–Crippen LogP) is 0.643. The van der Waals surface area contributed by atoms with Gasteiger partial charge in [-0.2, -0.15) is 9.67 Å². The monoisotopic (exact) mass is 205 g/mol. The Balaban J connectivity index is 2.36. The smallest absolute Gasteiger partial charge is 0.337 e. The number of hydrogen-bond donors (Lipinski definition) is 1. The Bertz CT molecular complexity index is 439. The summed E-state index contributed by atoms with van der Waals surface area (Å²) in [6.07, 6.45) is 3.33. The van der Waals surface area contributed by atoms with Gasteiger partial charge < -0.3 is 10.5 Å². The number of nitrogens with two attached hydrogens (primary N) is 1. The van der Waals surface area contributed by atoms with Gasteiger partial charge in [-0.3, -0.25) is 4.98 Å². The summed E-state index contributed by atoms with van der Waals surface area (Å²) >= 11 is 0. The third kappa shape index (κ3) is 1.88. The van der Waals surface area contributed by atoms with Gasteiger partial charge >= 0.3 is 6.01 Å². The van der Waals surface area contributed by atoms with E-state index in [1.165, 1.54) is 4.68 Å². The summed E-state index contributed by atoms with van der Waals surface area (Å²) < 4.78 is 6.66. The summed E-state index contributed by atoms with van der Waals surface area (Å²) in [7, 11) is 0. The van der Waals surface area contributed by atoms with Gasteiger partial charge in [0.05, 0.1) is 12.3 Å². The third-order valence-corrected chi connectivity index (χ3v) is 1.79. The molecule has 0 aliphatic rings. The van der Waals surface area contributed by atoms with Crippen molar-refractivity contribution in [2.45, 2.75) is 6.92 Å². The Morgan fingerprint density at radius 2 is 2.13 bits per heavy atom. The van der Waals surface area contributed by atoms with E-state index in [0.29, 0.717) is 12.6 Å². The normalized spacial score (nSPS) is 10.2. The molecule has 0 saturated heterocycles. The average Bonchev–Trinajstić information content (AvgIpc) is 2.61. The second-order valence-corrected chi connectivity index (χ2v) is 2.80. The first kappa shape index (κ1) is 9.45. The molecule has 2 heterocycles. The molecule has 0 atom stereocenters. The van der Waals surface area contributed by atoms with Gasteiger partial charge in [-0.1, -0.05) is 0 Å². The molecule has 0 fully saturated rings. The lowest BCUT2D eigenvalue weighted by molar-refractivity contribution is 0.312. The number of rotatable bonds is 3. The topological polar surface area (TPSA) is 78.9 Å². The predicted molar refractivity (Wildman–Crippen MR) is 54.7 cm³/mol. The molecule has 0 aliphatic heterocycles. The first-order valence-corrected chi connectivity index (χ1v) is 4.57. The van der Waals surface area contributed by atoms with Crippen molar-refractivity contribution in [3.05, 3.63) is 24.5 Å². The molecule has 6 heteroatoms. The molecule has 15 heavy (non-hydrogen) atoms. The lowest BCUT2D eigenvalue weighted by atomic mass is 10.4. The fourth-order valence-corrected chi connectivity index (χ4v) is 1.17. The molecule has 0 saturated carbocycles. The molecule has 6 nitrogen and oxygen atoms in total. The quantitative estimate of drug-likeness (QED) is 0.795. The van der Waals surface area contributed by atoms with Crippen molar-refractivity contribution >= 4 is 5.95 Å². The van der Waals surface area contributed by atoms with Crippen LogP contribution in [0.3, 0.4) is 0 Å². The van der Waals surface area contributed by atoms with E-state index in [-0.39, 0.29) is 6.01 Å². The maximum atomic E-state index is 5.69. The molecule has 2 rings (SSSR count). The minimum Gasteiger partial charge on any atom is -0.463 e. The fraction of sp³-hybridized carbons (Fsp3) is 0.222. The van der Waals surface area contributed by atoms with Crippen LogP contribution in [0.1, 0.15) is 6.92 Å². The van der Waals surface area contributed by atoms with Gasteiger partial charge in [-0.05, 0) is 19.1 Å². The average molecular weight is 205 g/mol. The van der Waals surface area contributed by atoms with Gasteiger partial charge in [0.15, 0.2) is 0 Å². The van der Waals surface area contributed by atoms with E-state index in [1.54, 1.807) is 24.5 Å². The molecule has 0 radical (unpaired) electrons. The number of anilines is 1. The highest BCUT2D eigenvalue weighted by molar-refractivity contribution is 5.36. The molecule has 2 aromatic heterocycles. The maximum absolute atomic E-state index is 5.69. The molecule has 0 amide bonds. The van der Waals surface area contributed by atoms with Crippen LogP contribution in [0, 0.1) is 0 Å². The van der Waals surface area contributed by atoms with Gasteiger partial charge in [-0.25, -0.2) is 0 Å². The highest BCUT2D eigenvalue weighted by Gasteiger charge is 2.08. The van der Waals surface area contributed by atoms with Crippen molar-refractivity contribution in [1.29, 1.82) is 0 Å². The first-order valence-electron chi connectivity index (χ1n) is 4.57. The van der Waals surface area contributed by atoms with E-state index in [1.807, 2.05) is 6.92 Å². The van der Waals surface area contributed by atoms with Crippen molar-refractivity contribution in [2.75, 3.05) is 12.3 Å². The number of nitrogens with zero attached hydrogens (tertiary/aromatic N) is 4. The number of ether oxygens (including phenoxy) is 1. The van der Waals surface area contributed by atoms with E-state index in [0.717, 1.165) is 5.69 Å². The Kier molecular flexibility index (Phi) is 2.49. The van der Waals surface area contributed by atoms with Gasteiger partial charge in [0.25, 0.3) is 0 Å². The highest BCUT2D eigenvalue weighted by atomic mass is 16.5. The molecule has 0 bridgehead atoms. The van der Waals surface area contributed by atoms with E-state index in [2.05, 4.69) is 15.1 Å². The Labute approximate surface area is 86.7 Å². The summed E-state index contributed by atoms with van der Waals surface area (Å²) in [5, 5.41) is 4.10. The van der Waals surface area contributed by atoms with Crippen LogP contribution in [0.5, 0.6) is 6.01 Å². The number of pyridine rings is 1. The summed E-state index contributed by atoms with van der Waals surface area (Å²) in [5.74, 6) is 0.296. The van der Waals surface area contributed by atoms with Crippen molar-refractivity contribution in [2.24, 2.45) is 0 Å². The molecule has 0 aromatic carbocycles. The highest BCUT2D eigenvalue weighted by Crippen LogP contribution is 2.13. The summed E-state index contributed by atoms with van der Waals surface area (Å²) in [5.41, 5.74) is 6.50. The van der Waals surface area contributed by atoms with Gasteiger partial charge in [0.1, 0.15) is 0 Å². The maximum Gasteiger partial charge on any atom is 0.337 e. The van der Waals surface area contributed by atoms with Gasteiger partial charge in [-0.15, -0.1) is 5.10 Å². The zero-order valence-electron chi connectivity index (χ0n) is 8.29. The zero-order valence-corrected chi connectivity index (χ0v) is 8.29. The summed E-state index contributed by atoms with van der Waals surface area (Å²) in [6.45, 7) is 2.38. The number of aromatic nitrogens is 4. The zero-order chi connectivity index (χ0) is 10.7. The van der Waals surface area contributed by atoms with Crippen LogP contribution in [-0.2, 0) is 0 Å². The van der Waals surface area contributed by atoms with Crippen LogP contribution >= 0.6 is 0 Å². The van der Waals surface area contributed by atoms with Crippen LogP contribution in [0.4, 0.5) is 5.95 Å². The van der Waals surface area contributed by atoms with Crippen LogP contribution in [0.2, 0.25) is 0 Å². The second kappa shape index (κ2) is 3.95. The second-order valence-electron chi connectivity index (χ2n) is 2.80. The lowest BCUT2D eigenvalue weighted by Crippen LogP contribution is -2.02. The van der Waals surface area contributed by atoms with Gasteiger partial charge in [0.2, 0.25) is 5.95 Å². The summed E-state index contributed by atoms with van der Waals surface area (Å²) in [4.78, 5) is 7.87. The summed E-state index contributed by atoms with van der Waals surface area (Å²) in [6, 6.07) is 3.87. The minimum atomic E-state index is 0.284.